The van der Waals surface area contributed by atoms with Gasteiger partial charge in [0, 0.05) is 24.1 Å². The lowest BCUT2D eigenvalue weighted by Gasteiger charge is -2.08. The lowest BCUT2D eigenvalue weighted by Crippen LogP contribution is -2.19. The molecule has 0 aromatic heterocycles. The normalized spacial score (nSPS) is 10.7. The third-order valence-electron chi connectivity index (χ3n) is 3.76. The maximum Gasteiger partial charge on any atom is 0.308 e. The Morgan fingerprint density at radius 1 is 1.03 bits per heavy atom. The summed E-state index contributed by atoms with van der Waals surface area (Å²) in [7, 11) is 1.46. The monoisotopic (exact) mass is 397 g/mol. The fourth-order valence-corrected chi connectivity index (χ4v) is 2.23. The zero-order valence-corrected chi connectivity index (χ0v) is 16.7. The van der Waals surface area contributed by atoms with Crippen molar-refractivity contribution in [2.45, 2.75) is 20.8 Å². The molecule has 0 aliphatic carbocycles. The largest absolute Gasteiger partial charge is 0.493 e. The summed E-state index contributed by atoms with van der Waals surface area (Å²) < 4.78 is 10.2. The van der Waals surface area contributed by atoms with Crippen LogP contribution in [0.15, 0.2) is 47.6 Å². The molecule has 0 radical (unpaired) electrons. The number of ether oxygens (including phenoxy) is 2. The third kappa shape index (κ3) is 6.46. The van der Waals surface area contributed by atoms with E-state index in [1.54, 1.807) is 56.3 Å². The van der Waals surface area contributed by atoms with Gasteiger partial charge >= 0.3 is 5.97 Å². The highest BCUT2D eigenvalue weighted by molar-refractivity contribution is 5.96. The number of nitrogens with zero attached hydrogens (tertiary/aromatic N) is 1. The molecule has 2 rings (SSSR count). The Balaban J connectivity index is 1.98. The molecule has 2 aromatic rings. The van der Waals surface area contributed by atoms with Crippen molar-refractivity contribution in [3.8, 4) is 11.5 Å². The number of carbonyl (C=O) groups excluding carboxylic acids is 3. The van der Waals surface area contributed by atoms with Crippen molar-refractivity contribution in [2.75, 3.05) is 12.4 Å². The van der Waals surface area contributed by atoms with Crippen LogP contribution in [0, 0.1) is 5.92 Å². The van der Waals surface area contributed by atoms with Gasteiger partial charge in [-0.25, -0.2) is 5.43 Å². The van der Waals surface area contributed by atoms with Crippen molar-refractivity contribution < 1.29 is 23.9 Å². The number of anilines is 1. The van der Waals surface area contributed by atoms with E-state index in [9.17, 15) is 14.4 Å². The van der Waals surface area contributed by atoms with Crippen LogP contribution in [0.5, 0.6) is 11.5 Å². The van der Waals surface area contributed by atoms with E-state index in [4.69, 9.17) is 9.47 Å². The van der Waals surface area contributed by atoms with Gasteiger partial charge in [0.1, 0.15) is 0 Å². The van der Waals surface area contributed by atoms with E-state index in [1.165, 1.54) is 20.2 Å². The van der Waals surface area contributed by atoms with E-state index in [2.05, 4.69) is 15.8 Å². The minimum absolute atomic E-state index is 0.0954. The molecule has 2 N–H and O–H groups in total. The third-order valence-corrected chi connectivity index (χ3v) is 3.76. The van der Waals surface area contributed by atoms with Crippen LogP contribution in [0.2, 0.25) is 0 Å². The highest BCUT2D eigenvalue weighted by atomic mass is 16.6. The summed E-state index contributed by atoms with van der Waals surface area (Å²) in [5, 5.41) is 6.68. The number of methoxy groups -OCH3 is 1. The van der Waals surface area contributed by atoms with Crippen molar-refractivity contribution >= 4 is 29.7 Å². The number of esters is 1. The van der Waals surface area contributed by atoms with E-state index in [0.717, 1.165) is 0 Å². The van der Waals surface area contributed by atoms with E-state index < -0.39 is 11.9 Å². The van der Waals surface area contributed by atoms with Gasteiger partial charge in [0.15, 0.2) is 11.5 Å². The molecule has 0 bridgehead atoms. The minimum Gasteiger partial charge on any atom is -0.493 e. The lowest BCUT2D eigenvalue weighted by atomic mass is 10.1. The van der Waals surface area contributed by atoms with Gasteiger partial charge in [0.2, 0.25) is 5.91 Å². The molecular formula is C21H23N3O5. The molecule has 0 fully saturated rings. The van der Waals surface area contributed by atoms with Crippen LogP contribution in [-0.2, 0) is 9.59 Å². The summed E-state index contributed by atoms with van der Waals surface area (Å²) in [5.41, 5.74) is 4.08. The second-order valence-corrected chi connectivity index (χ2v) is 6.42. The van der Waals surface area contributed by atoms with Crippen LogP contribution < -0.4 is 20.2 Å². The summed E-state index contributed by atoms with van der Waals surface area (Å²) in [5.74, 6) is -0.408. The van der Waals surface area contributed by atoms with Crippen molar-refractivity contribution in [1.82, 2.24) is 5.43 Å². The van der Waals surface area contributed by atoms with Crippen LogP contribution in [0.1, 0.15) is 36.7 Å². The second-order valence-electron chi connectivity index (χ2n) is 6.42. The maximum absolute atomic E-state index is 12.2. The van der Waals surface area contributed by atoms with Crippen molar-refractivity contribution in [2.24, 2.45) is 11.0 Å². The summed E-state index contributed by atoms with van der Waals surface area (Å²) >= 11 is 0. The van der Waals surface area contributed by atoms with Gasteiger partial charge in [-0.3, -0.25) is 14.4 Å². The first-order valence-electron chi connectivity index (χ1n) is 8.91. The van der Waals surface area contributed by atoms with Crippen molar-refractivity contribution in [3.63, 3.8) is 0 Å². The predicted octanol–water partition coefficient (Wildman–Crippen LogP) is 2.98. The first-order valence-corrected chi connectivity index (χ1v) is 8.91. The molecule has 0 aliphatic heterocycles. The molecule has 0 heterocycles. The number of hydrogen-bond donors (Lipinski definition) is 2. The molecule has 8 nitrogen and oxygen atoms in total. The standard InChI is InChI=1S/C21H23N3O5/c1-13(2)20(26)23-17-8-6-16(7-9-17)21(27)24-22-12-15-5-10-18(29-14(3)25)19(11-15)28-4/h5-13H,1-4H3,(H,23,26)(H,24,27)/b22-12+. The maximum atomic E-state index is 12.2. The molecular weight excluding hydrogens is 374 g/mol. The van der Waals surface area contributed by atoms with Gasteiger partial charge in [0.25, 0.3) is 5.91 Å². The molecule has 152 valence electrons. The average Bonchev–Trinajstić information content (AvgIpc) is 2.69. The number of benzene rings is 2. The number of hydrazone groups is 1. The Morgan fingerprint density at radius 3 is 2.31 bits per heavy atom. The van der Waals surface area contributed by atoms with Crippen LogP contribution in [0.25, 0.3) is 0 Å². The number of hydrogen-bond acceptors (Lipinski definition) is 6. The molecule has 0 spiro atoms. The van der Waals surface area contributed by atoms with E-state index in [0.29, 0.717) is 28.3 Å². The van der Waals surface area contributed by atoms with Gasteiger partial charge in [0.05, 0.1) is 13.3 Å². The van der Waals surface area contributed by atoms with Gasteiger partial charge in [-0.1, -0.05) is 13.8 Å². The highest BCUT2D eigenvalue weighted by Gasteiger charge is 2.09. The van der Waals surface area contributed by atoms with Crippen LogP contribution in [0.3, 0.4) is 0 Å². The molecule has 29 heavy (non-hydrogen) atoms. The Hall–Kier alpha value is -3.68. The number of amides is 2. The van der Waals surface area contributed by atoms with Gasteiger partial charge < -0.3 is 14.8 Å². The molecule has 2 amide bonds. The predicted molar refractivity (Wildman–Crippen MR) is 109 cm³/mol. The van der Waals surface area contributed by atoms with Crippen molar-refractivity contribution in [3.05, 3.63) is 53.6 Å². The highest BCUT2D eigenvalue weighted by Crippen LogP contribution is 2.27. The Kier molecular flexibility index (Phi) is 7.47. The van der Waals surface area contributed by atoms with E-state index >= 15 is 0 Å². The smallest absolute Gasteiger partial charge is 0.308 e. The minimum atomic E-state index is -0.452. The first kappa shape index (κ1) is 21.6. The summed E-state index contributed by atoms with van der Waals surface area (Å²) in [6.45, 7) is 4.90. The zero-order valence-electron chi connectivity index (χ0n) is 16.7. The molecule has 0 aliphatic rings. The Labute approximate surface area is 168 Å². The van der Waals surface area contributed by atoms with Crippen LogP contribution >= 0.6 is 0 Å². The molecule has 0 saturated heterocycles. The van der Waals surface area contributed by atoms with Gasteiger partial charge in [-0.05, 0) is 48.0 Å². The van der Waals surface area contributed by atoms with E-state index in [1.807, 2.05) is 0 Å². The Morgan fingerprint density at radius 2 is 1.72 bits per heavy atom. The molecule has 0 unspecified atom stereocenters. The fourth-order valence-electron chi connectivity index (χ4n) is 2.23. The average molecular weight is 397 g/mol. The second kappa shape index (κ2) is 10.0. The number of rotatable bonds is 7. The summed E-state index contributed by atoms with van der Waals surface area (Å²) in [6.07, 6.45) is 1.44. The van der Waals surface area contributed by atoms with Crippen molar-refractivity contribution in [1.29, 1.82) is 0 Å². The fraction of sp³-hybridized carbons (Fsp3) is 0.238. The summed E-state index contributed by atoms with van der Waals surface area (Å²) in [6, 6.07) is 11.4. The number of carbonyl (C=O) groups is 3. The quantitative estimate of drug-likeness (QED) is 0.323. The topological polar surface area (TPSA) is 106 Å². The SMILES string of the molecule is COc1cc(/C=N/NC(=O)c2ccc(NC(=O)C(C)C)cc2)ccc1OC(C)=O. The molecule has 0 atom stereocenters. The van der Waals surface area contributed by atoms with E-state index in [-0.39, 0.29) is 11.8 Å². The number of nitrogens with one attached hydrogen (secondary N) is 2. The molecule has 8 heteroatoms. The molecule has 0 saturated carbocycles. The van der Waals surface area contributed by atoms with Gasteiger partial charge in [-0.15, -0.1) is 0 Å². The van der Waals surface area contributed by atoms with Crippen LogP contribution in [-0.4, -0.2) is 31.1 Å². The van der Waals surface area contributed by atoms with Crippen LogP contribution in [0.4, 0.5) is 5.69 Å². The Bertz CT molecular complexity index is 920. The first-order chi connectivity index (χ1) is 13.8. The molecule has 2 aromatic carbocycles. The lowest BCUT2D eigenvalue weighted by molar-refractivity contribution is -0.132. The van der Waals surface area contributed by atoms with Gasteiger partial charge in [-0.2, -0.15) is 5.10 Å². The summed E-state index contributed by atoms with van der Waals surface area (Å²) in [4.78, 5) is 34.9. The zero-order chi connectivity index (χ0) is 21.4.